The summed E-state index contributed by atoms with van der Waals surface area (Å²) in [4.78, 5) is 2.33. The summed E-state index contributed by atoms with van der Waals surface area (Å²) in [6.45, 7) is 2.29. The molecule has 0 radical (unpaired) electrons. The molecule has 0 aliphatic carbocycles. The third-order valence-corrected chi connectivity index (χ3v) is 10.2. The molecule has 230 valence electrons. The van der Waals surface area contributed by atoms with Crippen LogP contribution in [0.4, 0.5) is 17.1 Å². The van der Waals surface area contributed by atoms with Crippen molar-refractivity contribution in [2.75, 3.05) is 4.90 Å². The predicted molar refractivity (Wildman–Crippen MR) is 205 cm³/mol. The van der Waals surface area contributed by atoms with Crippen molar-refractivity contribution in [1.29, 1.82) is 0 Å². The van der Waals surface area contributed by atoms with Gasteiger partial charge in [0.2, 0.25) is 0 Å². The summed E-state index contributed by atoms with van der Waals surface area (Å²) in [5.74, 6) is 1.82. The van der Waals surface area contributed by atoms with Crippen LogP contribution in [0.5, 0.6) is 11.5 Å². The third-order valence-electron chi connectivity index (χ3n) is 10.2. The molecule has 0 amide bonds. The number of ether oxygens (including phenoxy) is 1. The van der Waals surface area contributed by atoms with E-state index in [0.29, 0.717) is 0 Å². The number of fused-ring (bicyclic) bond motifs is 4. The Kier molecular flexibility index (Phi) is 6.19. The van der Waals surface area contributed by atoms with Gasteiger partial charge >= 0.3 is 0 Å². The third kappa shape index (κ3) is 4.38. The first-order chi connectivity index (χ1) is 24.2. The fraction of sp³-hybridized carbons (Fsp3) is 0.0222. The van der Waals surface area contributed by atoms with E-state index in [1.54, 1.807) is 0 Å². The molecule has 8 aromatic rings. The molecule has 1 aromatic heterocycles. The average Bonchev–Trinajstić information content (AvgIpc) is 3.51. The van der Waals surface area contributed by atoms with Gasteiger partial charge in [-0.1, -0.05) is 115 Å². The molecule has 3 nitrogen and oxygen atoms in total. The molecule has 2 aliphatic heterocycles. The number of aryl methyl sites for hydroxylation is 1. The van der Waals surface area contributed by atoms with Crippen LogP contribution in [0, 0.1) is 6.92 Å². The molecule has 0 saturated carbocycles. The van der Waals surface area contributed by atoms with Crippen LogP contribution in [0.3, 0.4) is 0 Å². The van der Waals surface area contributed by atoms with Gasteiger partial charge in [0.1, 0.15) is 11.5 Å². The minimum absolute atomic E-state index is 0.0956. The Balaban J connectivity index is 1.11. The summed E-state index contributed by atoms with van der Waals surface area (Å²) in [6, 6.07) is 61.0. The lowest BCUT2D eigenvalue weighted by atomic mass is 9.34. The van der Waals surface area contributed by atoms with Gasteiger partial charge in [0.15, 0.2) is 0 Å². The molecule has 10 rings (SSSR count). The van der Waals surface area contributed by atoms with E-state index in [2.05, 4.69) is 186 Å². The normalized spacial score (nSPS) is 12.3. The van der Waals surface area contributed by atoms with E-state index in [0.717, 1.165) is 28.6 Å². The fourth-order valence-electron chi connectivity index (χ4n) is 7.97. The summed E-state index contributed by atoms with van der Waals surface area (Å²) < 4.78 is 9.23. The van der Waals surface area contributed by atoms with E-state index in [9.17, 15) is 0 Å². The molecule has 0 N–H and O–H groups in total. The average molecular weight is 627 g/mol. The van der Waals surface area contributed by atoms with Crippen molar-refractivity contribution in [1.82, 2.24) is 4.57 Å². The number of hydrogen-bond acceptors (Lipinski definition) is 2. The molecule has 0 atom stereocenters. The van der Waals surface area contributed by atoms with Crippen molar-refractivity contribution in [3.63, 3.8) is 0 Å². The maximum Gasteiger partial charge on any atom is 0.256 e. The van der Waals surface area contributed by atoms with E-state index < -0.39 is 0 Å². The van der Waals surface area contributed by atoms with Gasteiger partial charge in [0.25, 0.3) is 6.71 Å². The largest absolute Gasteiger partial charge is 0.458 e. The zero-order chi connectivity index (χ0) is 32.5. The Hall–Kier alpha value is -6.26. The highest BCUT2D eigenvalue weighted by molar-refractivity contribution is 6.99. The van der Waals surface area contributed by atoms with Gasteiger partial charge in [-0.05, 0) is 99.5 Å². The summed E-state index contributed by atoms with van der Waals surface area (Å²) in [6.07, 6.45) is 0. The number of aromatic nitrogens is 1. The summed E-state index contributed by atoms with van der Waals surface area (Å²) >= 11 is 0. The van der Waals surface area contributed by atoms with Gasteiger partial charge in [-0.25, -0.2) is 0 Å². The monoisotopic (exact) mass is 626 g/mol. The van der Waals surface area contributed by atoms with Gasteiger partial charge in [0, 0.05) is 40.0 Å². The van der Waals surface area contributed by atoms with Crippen LogP contribution in [0.25, 0.3) is 38.8 Å². The van der Waals surface area contributed by atoms with E-state index in [1.807, 2.05) is 0 Å². The van der Waals surface area contributed by atoms with Gasteiger partial charge in [-0.2, -0.15) is 0 Å². The maximum atomic E-state index is 6.83. The Morgan fingerprint density at radius 2 is 1.08 bits per heavy atom. The molecule has 3 heterocycles. The standard InChI is InChI=1S/C45H31BN2O/c1-30-28-35-14-8-15-40-45(35)47(30)41-16-9-17-42-44(41)46(40)39-27-26-38(29-43(39)49-42)48(36-22-18-33(19-23-36)31-10-4-2-5-11-31)37-24-20-34(21-25-37)32-12-6-3-7-13-32/h2-29H,1H3. The lowest BCUT2D eigenvalue weighted by Crippen LogP contribution is -2.58. The van der Waals surface area contributed by atoms with Crippen LogP contribution in [-0.2, 0) is 0 Å². The van der Waals surface area contributed by atoms with Crippen molar-refractivity contribution in [2.45, 2.75) is 6.92 Å². The highest BCUT2D eigenvalue weighted by Gasteiger charge is 2.40. The molecular formula is C45H31BN2O. The SMILES string of the molecule is Cc1cc2cccc3c2n1-c1cccc2c1B3c1ccc(N(c3ccc(-c4ccccc4)cc3)c3ccc(-c4ccccc4)cc3)cc1O2. The van der Waals surface area contributed by atoms with Gasteiger partial charge in [-0.15, -0.1) is 0 Å². The van der Waals surface area contributed by atoms with Crippen molar-refractivity contribution < 1.29 is 4.74 Å². The summed E-state index contributed by atoms with van der Waals surface area (Å²) in [5, 5.41) is 1.28. The Labute approximate surface area is 286 Å². The van der Waals surface area contributed by atoms with Crippen LogP contribution in [0.2, 0.25) is 0 Å². The molecule has 49 heavy (non-hydrogen) atoms. The fourth-order valence-corrected chi connectivity index (χ4v) is 7.97. The molecule has 7 aromatic carbocycles. The molecular weight excluding hydrogens is 595 g/mol. The van der Waals surface area contributed by atoms with Crippen molar-refractivity contribution in [2.24, 2.45) is 0 Å². The topological polar surface area (TPSA) is 17.4 Å². The molecule has 0 unspecified atom stereocenters. The van der Waals surface area contributed by atoms with E-state index in [-0.39, 0.29) is 6.71 Å². The van der Waals surface area contributed by atoms with Crippen LogP contribution >= 0.6 is 0 Å². The molecule has 0 saturated heterocycles. The Bertz CT molecular complexity index is 2440. The quantitative estimate of drug-likeness (QED) is 0.177. The zero-order valence-corrected chi connectivity index (χ0v) is 27.0. The van der Waals surface area contributed by atoms with Crippen LogP contribution in [-0.4, -0.2) is 11.3 Å². The minimum Gasteiger partial charge on any atom is -0.458 e. The van der Waals surface area contributed by atoms with Gasteiger partial charge < -0.3 is 14.2 Å². The Morgan fingerprint density at radius 3 is 1.73 bits per heavy atom. The first-order valence-corrected chi connectivity index (χ1v) is 16.9. The number of nitrogens with zero attached hydrogens (tertiary/aromatic N) is 2. The number of benzene rings is 7. The lowest BCUT2D eigenvalue weighted by molar-refractivity contribution is 0.487. The predicted octanol–water partition coefficient (Wildman–Crippen LogP) is 9.68. The molecule has 0 fully saturated rings. The number of rotatable bonds is 5. The first-order valence-electron chi connectivity index (χ1n) is 16.9. The summed E-state index contributed by atoms with van der Waals surface area (Å²) in [5.41, 5.74) is 15.5. The van der Waals surface area contributed by atoms with E-state index in [4.69, 9.17) is 4.74 Å². The number of anilines is 3. The van der Waals surface area contributed by atoms with E-state index in [1.165, 1.54) is 60.9 Å². The van der Waals surface area contributed by atoms with E-state index >= 15 is 0 Å². The molecule has 2 aliphatic rings. The van der Waals surface area contributed by atoms with Crippen molar-refractivity contribution in [3.8, 4) is 39.4 Å². The first kappa shape index (κ1) is 27.8. The second kappa shape index (κ2) is 10.9. The Morgan fingerprint density at radius 1 is 0.490 bits per heavy atom. The lowest BCUT2D eigenvalue weighted by Gasteiger charge is -2.34. The molecule has 4 heteroatoms. The minimum atomic E-state index is 0.0956. The molecule has 0 spiro atoms. The van der Waals surface area contributed by atoms with Crippen molar-refractivity contribution >= 4 is 51.1 Å². The smallest absolute Gasteiger partial charge is 0.256 e. The maximum absolute atomic E-state index is 6.83. The second-order valence-electron chi connectivity index (χ2n) is 13.0. The highest BCUT2D eigenvalue weighted by atomic mass is 16.5. The molecule has 0 bridgehead atoms. The van der Waals surface area contributed by atoms with Crippen LogP contribution in [0.1, 0.15) is 5.69 Å². The summed E-state index contributed by atoms with van der Waals surface area (Å²) in [7, 11) is 0. The van der Waals surface area contributed by atoms with Gasteiger partial charge in [-0.3, -0.25) is 0 Å². The van der Waals surface area contributed by atoms with Gasteiger partial charge in [0.05, 0.1) is 0 Å². The zero-order valence-electron chi connectivity index (χ0n) is 27.0. The number of para-hydroxylation sites is 1. The van der Waals surface area contributed by atoms with Crippen molar-refractivity contribution in [3.05, 3.63) is 176 Å². The number of hydrogen-bond donors (Lipinski definition) is 0. The second-order valence-corrected chi connectivity index (χ2v) is 13.0. The highest BCUT2D eigenvalue weighted by Crippen LogP contribution is 2.40. The van der Waals surface area contributed by atoms with Crippen LogP contribution in [0.15, 0.2) is 170 Å². The van der Waals surface area contributed by atoms with Crippen LogP contribution < -0.4 is 26.0 Å².